The zero-order chi connectivity index (χ0) is 13.2. The number of hydrogen-bond donors (Lipinski definition) is 0. The Bertz CT molecular complexity index is 470. The highest BCUT2D eigenvalue weighted by atomic mass is 16.8. The summed E-state index contributed by atoms with van der Waals surface area (Å²) in [6, 6.07) is 0.143. The van der Waals surface area contributed by atoms with Crippen LogP contribution < -0.4 is 0 Å². The number of ether oxygens (including phenoxy) is 3. The Morgan fingerprint density at radius 1 is 1.21 bits per heavy atom. The highest BCUT2D eigenvalue weighted by Gasteiger charge is 2.50. The molecule has 3 aliphatic heterocycles. The Labute approximate surface area is 112 Å². The highest BCUT2D eigenvalue weighted by Crippen LogP contribution is 2.44. The Morgan fingerprint density at radius 3 is 2.89 bits per heavy atom. The maximum Gasteiger partial charge on any atom is 0.410 e. The predicted octanol–water partition coefficient (Wildman–Crippen LogP) is 1.82. The number of carbonyl (C=O) groups excluding carboxylic acids is 1. The summed E-state index contributed by atoms with van der Waals surface area (Å²) in [5.41, 5.74) is 2.72. The summed E-state index contributed by atoms with van der Waals surface area (Å²) in [6.45, 7) is 5.19. The van der Waals surface area contributed by atoms with Crippen molar-refractivity contribution >= 4 is 6.09 Å². The van der Waals surface area contributed by atoms with Crippen molar-refractivity contribution in [2.24, 2.45) is 0 Å². The van der Waals surface area contributed by atoms with Gasteiger partial charge in [-0.2, -0.15) is 0 Å². The first kappa shape index (κ1) is 11.7. The number of carbonyl (C=O) groups is 1. The second-order valence-corrected chi connectivity index (χ2v) is 6.22. The van der Waals surface area contributed by atoms with Gasteiger partial charge in [0.2, 0.25) is 0 Å². The lowest BCUT2D eigenvalue weighted by molar-refractivity contribution is -0.143. The molecule has 0 aromatic rings. The lowest BCUT2D eigenvalue weighted by atomic mass is 9.80. The first-order chi connectivity index (χ1) is 9.05. The van der Waals surface area contributed by atoms with Gasteiger partial charge in [0.05, 0.1) is 12.1 Å². The second kappa shape index (κ2) is 3.73. The molecule has 1 amide bonds. The summed E-state index contributed by atoms with van der Waals surface area (Å²) < 4.78 is 17.2. The third-order valence-electron chi connectivity index (χ3n) is 4.64. The van der Waals surface area contributed by atoms with Gasteiger partial charge in [0, 0.05) is 6.54 Å². The minimum atomic E-state index is -0.489. The fourth-order valence-corrected chi connectivity index (χ4v) is 3.89. The maximum absolute atomic E-state index is 11.6. The van der Waals surface area contributed by atoms with Crippen LogP contribution in [-0.4, -0.2) is 48.2 Å². The SMILES string of the molecule is CC1(C)O[C@H]2CCC3=C(CCN4C(=O)OC[C@@H]34)[C@H]2O1. The molecule has 1 aliphatic carbocycles. The second-order valence-electron chi connectivity index (χ2n) is 6.22. The molecule has 4 rings (SSSR count). The Hall–Kier alpha value is -1.07. The van der Waals surface area contributed by atoms with Crippen molar-refractivity contribution in [1.29, 1.82) is 0 Å². The summed E-state index contributed by atoms with van der Waals surface area (Å²) in [5.74, 6) is -0.489. The van der Waals surface area contributed by atoms with Crippen LogP contribution in [0.3, 0.4) is 0 Å². The molecule has 5 heteroatoms. The number of rotatable bonds is 0. The Morgan fingerprint density at radius 2 is 2.05 bits per heavy atom. The molecular formula is C14H19NO4. The van der Waals surface area contributed by atoms with Crippen molar-refractivity contribution in [3.8, 4) is 0 Å². The van der Waals surface area contributed by atoms with E-state index in [9.17, 15) is 4.79 Å². The third kappa shape index (κ3) is 1.64. The smallest absolute Gasteiger partial charge is 0.410 e. The lowest BCUT2D eigenvalue weighted by Crippen LogP contribution is -2.45. The van der Waals surface area contributed by atoms with Crippen LogP contribution in [0.4, 0.5) is 4.79 Å². The predicted molar refractivity (Wildman–Crippen MR) is 66.5 cm³/mol. The minimum Gasteiger partial charge on any atom is -0.447 e. The fourth-order valence-electron chi connectivity index (χ4n) is 3.89. The van der Waals surface area contributed by atoms with Gasteiger partial charge in [-0.05, 0) is 44.3 Å². The fraction of sp³-hybridized carbons (Fsp3) is 0.786. The van der Waals surface area contributed by atoms with Crippen LogP contribution in [0.5, 0.6) is 0 Å². The molecule has 4 aliphatic rings. The van der Waals surface area contributed by atoms with Gasteiger partial charge in [-0.3, -0.25) is 4.90 Å². The Balaban J connectivity index is 1.69. The van der Waals surface area contributed by atoms with E-state index in [0.29, 0.717) is 6.61 Å². The molecule has 3 atom stereocenters. The van der Waals surface area contributed by atoms with E-state index in [1.165, 1.54) is 11.1 Å². The van der Waals surface area contributed by atoms with Gasteiger partial charge in [-0.25, -0.2) is 4.79 Å². The number of fused-ring (bicyclic) bond motifs is 4. The van der Waals surface area contributed by atoms with Gasteiger partial charge in [-0.15, -0.1) is 0 Å². The van der Waals surface area contributed by atoms with Crippen LogP contribution in [0, 0.1) is 0 Å². The van der Waals surface area contributed by atoms with Gasteiger partial charge in [0.25, 0.3) is 0 Å². The monoisotopic (exact) mass is 265 g/mol. The van der Waals surface area contributed by atoms with Crippen molar-refractivity contribution in [2.75, 3.05) is 13.2 Å². The van der Waals surface area contributed by atoms with Crippen LogP contribution in [0.2, 0.25) is 0 Å². The molecule has 0 bridgehead atoms. The summed E-state index contributed by atoms with van der Waals surface area (Å²) in [4.78, 5) is 13.5. The van der Waals surface area contributed by atoms with Gasteiger partial charge in [-0.1, -0.05) is 0 Å². The summed E-state index contributed by atoms with van der Waals surface area (Å²) in [6.07, 6.45) is 2.96. The molecule has 0 unspecified atom stereocenters. The topological polar surface area (TPSA) is 48.0 Å². The molecule has 0 spiro atoms. The third-order valence-corrected chi connectivity index (χ3v) is 4.64. The molecule has 19 heavy (non-hydrogen) atoms. The van der Waals surface area contributed by atoms with E-state index in [1.807, 2.05) is 18.7 Å². The molecule has 0 saturated carbocycles. The van der Waals surface area contributed by atoms with E-state index in [0.717, 1.165) is 25.8 Å². The Kier molecular flexibility index (Phi) is 2.30. The van der Waals surface area contributed by atoms with Gasteiger partial charge in [0.1, 0.15) is 12.7 Å². The van der Waals surface area contributed by atoms with Crippen molar-refractivity contribution in [3.05, 3.63) is 11.1 Å². The molecule has 104 valence electrons. The first-order valence-electron chi connectivity index (χ1n) is 7.06. The number of cyclic esters (lactones) is 1. The number of hydrogen-bond acceptors (Lipinski definition) is 4. The van der Waals surface area contributed by atoms with Crippen LogP contribution in [0.1, 0.15) is 33.1 Å². The van der Waals surface area contributed by atoms with Gasteiger partial charge in [0.15, 0.2) is 5.79 Å². The van der Waals surface area contributed by atoms with Crippen LogP contribution >= 0.6 is 0 Å². The average molecular weight is 265 g/mol. The van der Waals surface area contributed by atoms with Crippen LogP contribution in [-0.2, 0) is 14.2 Å². The summed E-state index contributed by atoms with van der Waals surface area (Å²) in [5, 5.41) is 0. The van der Waals surface area contributed by atoms with Gasteiger partial charge >= 0.3 is 6.09 Å². The quantitative estimate of drug-likeness (QED) is 0.627. The van der Waals surface area contributed by atoms with E-state index < -0.39 is 5.79 Å². The molecule has 2 fully saturated rings. The maximum atomic E-state index is 11.6. The summed E-state index contributed by atoms with van der Waals surface area (Å²) in [7, 11) is 0. The van der Waals surface area contributed by atoms with Crippen LogP contribution in [0.15, 0.2) is 11.1 Å². The lowest BCUT2D eigenvalue weighted by Gasteiger charge is -2.38. The average Bonchev–Trinajstić information content (AvgIpc) is 2.88. The van der Waals surface area contributed by atoms with Crippen molar-refractivity contribution in [2.45, 2.75) is 57.1 Å². The van der Waals surface area contributed by atoms with Crippen molar-refractivity contribution in [3.63, 3.8) is 0 Å². The molecule has 0 aromatic heterocycles. The first-order valence-corrected chi connectivity index (χ1v) is 7.06. The van der Waals surface area contributed by atoms with Crippen molar-refractivity contribution in [1.82, 2.24) is 4.90 Å². The number of amides is 1. The number of nitrogens with zero attached hydrogens (tertiary/aromatic N) is 1. The molecule has 5 nitrogen and oxygen atoms in total. The largest absolute Gasteiger partial charge is 0.447 e. The standard InChI is InChI=1S/C14H19NO4/c1-14(2)18-11-4-3-8-9(12(11)19-14)5-6-15-10(8)7-17-13(15)16/h10-12H,3-7H2,1-2H3/t10-,11-,12+/m0/s1. The van der Waals surface area contributed by atoms with E-state index in [4.69, 9.17) is 14.2 Å². The van der Waals surface area contributed by atoms with Gasteiger partial charge < -0.3 is 14.2 Å². The molecule has 0 N–H and O–H groups in total. The van der Waals surface area contributed by atoms with E-state index >= 15 is 0 Å². The summed E-state index contributed by atoms with van der Waals surface area (Å²) >= 11 is 0. The zero-order valence-electron chi connectivity index (χ0n) is 11.3. The van der Waals surface area contributed by atoms with E-state index in [-0.39, 0.29) is 24.3 Å². The molecular weight excluding hydrogens is 246 g/mol. The van der Waals surface area contributed by atoms with Crippen molar-refractivity contribution < 1.29 is 19.0 Å². The van der Waals surface area contributed by atoms with E-state index in [1.54, 1.807) is 0 Å². The molecule has 2 saturated heterocycles. The van der Waals surface area contributed by atoms with Crippen LogP contribution in [0.25, 0.3) is 0 Å². The molecule has 0 aromatic carbocycles. The molecule has 3 heterocycles. The normalized spacial score (nSPS) is 39.8. The van der Waals surface area contributed by atoms with E-state index in [2.05, 4.69) is 0 Å². The minimum absolute atomic E-state index is 0.0802. The highest BCUT2D eigenvalue weighted by molar-refractivity contribution is 5.71. The zero-order valence-corrected chi connectivity index (χ0v) is 11.3. The molecule has 0 radical (unpaired) electrons.